The summed E-state index contributed by atoms with van der Waals surface area (Å²) >= 11 is 0. The third-order valence-electron chi connectivity index (χ3n) is 5.57. The van der Waals surface area contributed by atoms with Crippen LogP contribution in [0.1, 0.15) is 22.8 Å². The van der Waals surface area contributed by atoms with Gasteiger partial charge in [0.2, 0.25) is 0 Å². The first kappa shape index (κ1) is 16.5. The van der Waals surface area contributed by atoms with E-state index in [4.69, 9.17) is 9.47 Å². The molecular weight excluding hydrogens is 320 g/mol. The van der Waals surface area contributed by atoms with Gasteiger partial charge in [-0.25, -0.2) is 4.79 Å². The smallest absolute Gasteiger partial charge is 0.339 e. The molecule has 0 spiro atoms. The first-order valence-electron chi connectivity index (χ1n) is 9.03. The van der Waals surface area contributed by atoms with Crippen molar-refractivity contribution in [2.45, 2.75) is 25.5 Å². The molecule has 3 atom stereocenters. The number of hydrogen-bond acceptors (Lipinski definition) is 5. The minimum absolute atomic E-state index is 0.0644. The number of nitrogens with zero attached hydrogens (tertiary/aromatic N) is 2. The van der Waals surface area contributed by atoms with Crippen LogP contribution in [0.5, 0.6) is 0 Å². The summed E-state index contributed by atoms with van der Waals surface area (Å²) in [4.78, 5) is 29.4. The van der Waals surface area contributed by atoms with Crippen molar-refractivity contribution >= 4 is 11.9 Å². The number of rotatable bonds is 2. The third-order valence-corrected chi connectivity index (χ3v) is 5.57. The molecule has 6 nitrogen and oxygen atoms in total. The molecule has 0 bridgehead atoms. The molecule has 0 radical (unpaired) electrons. The fourth-order valence-electron chi connectivity index (χ4n) is 4.19. The van der Waals surface area contributed by atoms with Crippen molar-refractivity contribution in [3.63, 3.8) is 0 Å². The summed E-state index contributed by atoms with van der Waals surface area (Å²) in [6.45, 7) is 6.97. The molecule has 1 aromatic rings. The molecule has 3 aliphatic rings. The summed E-state index contributed by atoms with van der Waals surface area (Å²) in [6, 6.07) is 7.73. The summed E-state index contributed by atoms with van der Waals surface area (Å²) < 4.78 is 10.9. The van der Waals surface area contributed by atoms with Crippen LogP contribution in [0.25, 0.3) is 0 Å². The summed E-state index contributed by atoms with van der Waals surface area (Å²) in [5.74, 6) is -0.0451. The Morgan fingerprint density at radius 2 is 1.92 bits per heavy atom. The van der Waals surface area contributed by atoms with E-state index in [-0.39, 0.29) is 5.91 Å². The largest absolute Gasteiger partial charge is 0.448 e. The van der Waals surface area contributed by atoms with Crippen molar-refractivity contribution in [3.8, 4) is 0 Å². The van der Waals surface area contributed by atoms with Gasteiger partial charge in [0.05, 0.1) is 18.8 Å². The van der Waals surface area contributed by atoms with Crippen LogP contribution in [0.3, 0.4) is 0 Å². The maximum atomic E-state index is 12.9. The van der Waals surface area contributed by atoms with Gasteiger partial charge in [-0.2, -0.15) is 0 Å². The summed E-state index contributed by atoms with van der Waals surface area (Å²) in [7, 11) is 0. The maximum Gasteiger partial charge on any atom is 0.339 e. The second-order valence-corrected chi connectivity index (χ2v) is 7.19. The monoisotopic (exact) mass is 344 g/mol. The zero-order chi connectivity index (χ0) is 17.4. The van der Waals surface area contributed by atoms with Crippen LogP contribution >= 0.6 is 0 Å². The summed E-state index contributed by atoms with van der Waals surface area (Å²) in [5.41, 5.74) is 1.47. The van der Waals surface area contributed by atoms with Crippen molar-refractivity contribution in [1.29, 1.82) is 0 Å². The SMILES string of the molecule is C[C@@H]1CN(C(=O)[C@H]2Cc3ccccc3C(=O)O2)C[C@H]1N1CCOCC1. The molecule has 0 unspecified atom stereocenters. The predicted octanol–water partition coefficient (Wildman–Crippen LogP) is 0.947. The molecule has 25 heavy (non-hydrogen) atoms. The van der Waals surface area contributed by atoms with E-state index in [1.54, 1.807) is 6.07 Å². The quantitative estimate of drug-likeness (QED) is 0.748. The van der Waals surface area contributed by atoms with Crippen molar-refractivity contribution < 1.29 is 19.1 Å². The van der Waals surface area contributed by atoms with E-state index in [0.717, 1.165) is 38.4 Å². The van der Waals surface area contributed by atoms with Gasteiger partial charge in [-0.15, -0.1) is 0 Å². The van der Waals surface area contributed by atoms with Gasteiger partial charge in [0.1, 0.15) is 0 Å². The lowest BCUT2D eigenvalue weighted by Crippen LogP contribution is -2.48. The molecule has 1 amide bonds. The number of ether oxygens (including phenoxy) is 2. The first-order valence-corrected chi connectivity index (χ1v) is 9.03. The molecule has 0 aliphatic carbocycles. The summed E-state index contributed by atoms with van der Waals surface area (Å²) in [6.07, 6.45) is -0.230. The van der Waals surface area contributed by atoms with Gasteiger partial charge in [-0.05, 0) is 17.5 Å². The normalized spacial score (nSPS) is 30.0. The standard InChI is InChI=1S/C19H24N2O4/c1-13-11-21(12-16(13)20-6-8-24-9-7-20)18(22)17-10-14-4-2-3-5-15(14)19(23)25-17/h2-5,13,16-17H,6-12H2,1H3/t13-,16-,17-/m1/s1. The maximum absolute atomic E-state index is 12.9. The van der Waals surface area contributed by atoms with Crippen LogP contribution in [0, 0.1) is 5.92 Å². The summed E-state index contributed by atoms with van der Waals surface area (Å²) in [5, 5.41) is 0. The molecule has 134 valence electrons. The fraction of sp³-hybridized carbons (Fsp3) is 0.579. The Labute approximate surface area is 147 Å². The topological polar surface area (TPSA) is 59.1 Å². The molecule has 3 aliphatic heterocycles. The number of esters is 1. The number of fused-ring (bicyclic) bond motifs is 1. The molecular formula is C19H24N2O4. The van der Waals surface area contributed by atoms with E-state index in [2.05, 4.69) is 11.8 Å². The number of benzene rings is 1. The Bertz CT molecular complexity index is 671. The Kier molecular flexibility index (Phi) is 4.48. The van der Waals surface area contributed by atoms with Crippen LogP contribution in [0.15, 0.2) is 24.3 Å². The Hall–Kier alpha value is -1.92. The number of morpholine rings is 1. The fourth-order valence-corrected chi connectivity index (χ4v) is 4.19. The zero-order valence-corrected chi connectivity index (χ0v) is 14.5. The predicted molar refractivity (Wildman–Crippen MR) is 91.3 cm³/mol. The van der Waals surface area contributed by atoms with Crippen molar-refractivity contribution in [1.82, 2.24) is 9.80 Å². The van der Waals surface area contributed by atoms with Crippen molar-refractivity contribution in [2.75, 3.05) is 39.4 Å². The number of carbonyl (C=O) groups excluding carboxylic acids is 2. The Balaban J connectivity index is 1.44. The number of amides is 1. The van der Waals surface area contributed by atoms with E-state index in [9.17, 15) is 9.59 Å². The van der Waals surface area contributed by atoms with Crippen LogP contribution in [-0.2, 0) is 20.7 Å². The van der Waals surface area contributed by atoms with E-state index >= 15 is 0 Å². The molecule has 2 saturated heterocycles. The lowest BCUT2D eigenvalue weighted by Gasteiger charge is -2.34. The van der Waals surface area contributed by atoms with Gasteiger partial charge >= 0.3 is 5.97 Å². The molecule has 3 heterocycles. The number of carbonyl (C=O) groups is 2. The molecule has 2 fully saturated rings. The highest BCUT2D eigenvalue weighted by atomic mass is 16.5. The van der Waals surface area contributed by atoms with Gasteiger partial charge in [-0.3, -0.25) is 9.69 Å². The second-order valence-electron chi connectivity index (χ2n) is 7.19. The lowest BCUT2D eigenvalue weighted by atomic mass is 9.98. The van der Waals surface area contributed by atoms with Gasteiger partial charge in [0, 0.05) is 38.6 Å². The van der Waals surface area contributed by atoms with Crippen molar-refractivity contribution in [2.24, 2.45) is 5.92 Å². The first-order chi connectivity index (χ1) is 12.1. The van der Waals surface area contributed by atoms with E-state index < -0.39 is 12.1 Å². The Morgan fingerprint density at radius 1 is 1.16 bits per heavy atom. The molecule has 0 saturated carbocycles. The van der Waals surface area contributed by atoms with Gasteiger partial charge < -0.3 is 14.4 Å². The van der Waals surface area contributed by atoms with Crippen molar-refractivity contribution in [3.05, 3.63) is 35.4 Å². The van der Waals surface area contributed by atoms with Crippen LogP contribution < -0.4 is 0 Å². The van der Waals surface area contributed by atoms with Crippen LogP contribution in [0.4, 0.5) is 0 Å². The molecule has 4 rings (SSSR count). The molecule has 1 aromatic carbocycles. The average Bonchev–Trinajstić information content (AvgIpc) is 3.03. The van der Waals surface area contributed by atoms with E-state index in [1.807, 2.05) is 23.1 Å². The number of cyclic esters (lactones) is 1. The molecule has 0 aromatic heterocycles. The molecule has 6 heteroatoms. The average molecular weight is 344 g/mol. The highest BCUT2D eigenvalue weighted by Gasteiger charge is 2.41. The lowest BCUT2D eigenvalue weighted by molar-refractivity contribution is -0.140. The second kappa shape index (κ2) is 6.77. The number of likely N-dealkylation sites (tertiary alicyclic amines) is 1. The Morgan fingerprint density at radius 3 is 2.72 bits per heavy atom. The third kappa shape index (κ3) is 3.16. The van der Waals surface area contributed by atoms with Crippen LogP contribution in [-0.4, -0.2) is 73.2 Å². The molecule has 0 N–H and O–H groups in total. The zero-order valence-electron chi connectivity index (χ0n) is 14.5. The highest BCUT2D eigenvalue weighted by molar-refractivity contribution is 5.95. The van der Waals surface area contributed by atoms with Crippen LogP contribution in [0.2, 0.25) is 0 Å². The van der Waals surface area contributed by atoms with Gasteiger partial charge in [0.25, 0.3) is 5.91 Å². The van der Waals surface area contributed by atoms with E-state index in [0.29, 0.717) is 30.5 Å². The minimum Gasteiger partial charge on any atom is -0.448 e. The van der Waals surface area contributed by atoms with Gasteiger partial charge in [0.15, 0.2) is 6.10 Å². The number of hydrogen-bond donors (Lipinski definition) is 0. The van der Waals surface area contributed by atoms with Gasteiger partial charge in [-0.1, -0.05) is 25.1 Å². The minimum atomic E-state index is -0.696. The van der Waals surface area contributed by atoms with E-state index in [1.165, 1.54) is 0 Å². The highest BCUT2D eigenvalue weighted by Crippen LogP contribution is 2.26.